The molecule has 1 aromatic heterocycles. The zero-order chi connectivity index (χ0) is 38.1. The van der Waals surface area contributed by atoms with Crippen molar-refractivity contribution in [3.63, 3.8) is 0 Å². The molecule has 3 heterocycles. The minimum atomic E-state index is -3.64. The number of nitrogens with zero attached hydrogens (tertiary/aromatic N) is 7. The van der Waals surface area contributed by atoms with Gasteiger partial charge in [-0.05, 0) is 52.8 Å². The monoisotopic (exact) mass is 751 g/mol. The molecule has 0 unspecified atom stereocenters. The van der Waals surface area contributed by atoms with Crippen LogP contribution in [0.25, 0.3) is 11.1 Å². The third-order valence-corrected chi connectivity index (χ3v) is 8.76. The molecule has 276 valence electrons. The Bertz CT molecular complexity index is 2090. The van der Waals surface area contributed by atoms with Crippen LogP contribution in [0.3, 0.4) is 0 Å². The molecule has 3 aromatic carbocycles. The van der Waals surface area contributed by atoms with E-state index in [1.54, 1.807) is 54.6 Å². The zero-order valence-corrected chi connectivity index (χ0v) is 29.4. The van der Waals surface area contributed by atoms with Crippen molar-refractivity contribution >= 4 is 53.5 Å². The number of amides is 2. The van der Waals surface area contributed by atoms with Gasteiger partial charge in [0.1, 0.15) is 12.9 Å². The number of ether oxygens (including phenoxy) is 1. The van der Waals surface area contributed by atoms with Crippen molar-refractivity contribution < 1.29 is 31.9 Å². The lowest BCUT2D eigenvalue weighted by Gasteiger charge is -2.35. The third kappa shape index (κ3) is 7.72. The van der Waals surface area contributed by atoms with Gasteiger partial charge >= 0.3 is 18.7 Å². The van der Waals surface area contributed by atoms with E-state index in [0.29, 0.717) is 38.3 Å². The van der Waals surface area contributed by atoms with Crippen LogP contribution in [0, 0.1) is 5.41 Å². The molecule has 0 saturated heterocycles. The number of anilines is 2. The summed E-state index contributed by atoms with van der Waals surface area (Å²) >= 11 is 6.41. The maximum atomic E-state index is 15.0. The molecule has 6 rings (SSSR count). The highest BCUT2D eigenvalue weighted by Crippen LogP contribution is 2.46. The maximum absolute atomic E-state index is 15.0. The van der Waals surface area contributed by atoms with Crippen LogP contribution >= 0.6 is 11.6 Å². The highest BCUT2D eigenvalue weighted by Gasteiger charge is 2.53. The predicted octanol–water partition coefficient (Wildman–Crippen LogP) is 7.80. The normalized spacial score (nSPS) is 18.7. The van der Waals surface area contributed by atoms with Gasteiger partial charge in [0.15, 0.2) is 11.5 Å². The van der Waals surface area contributed by atoms with Gasteiger partial charge in [0.05, 0.1) is 29.2 Å². The largest absolute Gasteiger partial charge is 0.447 e. The Morgan fingerprint density at radius 1 is 1.04 bits per heavy atom. The summed E-state index contributed by atoms with van der Waals surface area (Å²) < 4.78 is 62.5. The van der Waals surface area contributed by atoms with Gasteiger partial charge in [-0.15, -0.1) is 0 Å². The van der Waals surface area contributed by atoms with E-state index < -0.39 is 48.2 Å². The van der Waals surface area contributed by atoms with E-state index in [-0.39, 0.29) is 28.7 Å². The fraction of sp³-hybridized carbons (Fsp3) is 0.278. The lowest BCUT2D eigenvalue weighted by Crippen LogP contribution is -2.47. The van der Waals surface area contributed by atoms with Crippen molar-refractivity contribution in [3.05, 3.63) is 101 Å². The average molecular weight is 752 g/mol. The summed E-state index contributed by atoms with van der Waals surface area (Å²) in [5.74, 6) is -0.797. The first-order valence-corrected chi connectivity index (χ1v) is 16.6. The van der Waals surface area contributed by atoms with Crippen molar-refractivity contribution in [2.45, 2.75) is 51.4 Å². The molecule has 17 heteroatoms. The number of alkyl halides is 4. The second-order valence-electron chi connectivity index (χ2n) is 13.5. The van der Waals surface area contributed by atoms with Gasteiger partial charge in [-0.3, -0.25) is 15.0 Å². The highest BCUT2D eigenvalue weighted by atomic mass is 35.5. The maximum Gasteiger partial charge on any atom is 0.411 e. The van der Waals surface area contributed by atoms with E-state index in [2.05, 4.69) is 20.5 Å². The SMILES string of the molecule is CC(C)(C)C[C@]1(c2ccc(-c3cnn(C(F)F)c3)cc2)N=C(N)N([C@H](COC(=O)Nc2ccccc2)c2ccc(Cl)c(N3N=CN=CC3(F)F)c2)C1=O. The molecule has 0 bridgehead atoms. The van der Waals surface area contributed by atoms with Crippen molar-refractivity contribution in [2.75, 3.05) is 16.9 Å². The molecule has 0 fully saturated rings. The molecule has 0 spiro atoms. The number of benzene rings is 3. The molecule has 2 amide bonds. The van der Waals surface area contributed by atoms with Crippen LogP contribution in [0.4, 0.5) is 33.7 Å². The van der Waals surface area contributed by atoms with Crippen molar-refractivity contribution in [1.29, 1.82) is 0 Å². The first-order valence-electron chi connectivity index (χ1n) is 16.2. The number of hydrazone groups is 1. The zero-order valence-electron chi connectivity index (χ0n) is 28.6. The molecule has 4 aromatic rings. The van der Waals surface area contributed by atoms with Crippen molar-refractivity contribution in [3.8, 4) is 11.1 Å². The summed E-state index contributed by atoms with van der Waals surface area (Å²) in [7, 11) is 0. The summed E-state index contributed by atoms with van der Waals surface area (Å²) in [6.45, 7) is 2.47. The number of aliphatic imine (C=N–C) groups is 2. The second kappa shape index (κ2) is 14.3. The Morgan fingerprint density at radius 3 is 2.40 bits per heavy atom. The molecule has 0 aliphatic carbocycles. The van der Waals surface area contributed by atoms with Crippen LogP contribution in [-0.2, 0) is 15.1 Å². The van der Waals surface area contributed by atoms with Crippen LogP contribution in [0.5, 0.6) is 0 Å². The van der Waals surface area contributed by atoms with Gasteiger partial charge in [-0.25, -0.2) is 19.5 Å². The highest BCUT2D eigenvalue weighted by molar-refractivity contribution is 6.33. The van der Waals surface area contributed by atoms with Crippen LogP contribution in [0.1, 0.15) is 50.9 Å². The van der Waals surface area contributed by atoms with Gasteiger partial charge in [0, 0.05) is 17.4 Å². The van der Waals surface area contributed by atoms with E-state index >= 15 is 0 Å². The average Bonchev–Trinajstić information content (AvgIpc) is 3.69. The van der Waals surface area contributed by atoms with Gasteiger partial charge in [-0.1, -0.05) is 80.9 Å². The Kier molecular flexibility index (Phi) is 10.0. The van der Waals surface area contributed by atoms with Crippen LogP contribution in [0.15, 0.2) is 100 Å². The Labute approximate surface area is 306 Å². The van der Waals surface area contributed by atoms with Gasteiger partial charge in [0.2, 0.25) is 0 Å². The van der Waals surface area contributed by atoms with Gasteiger partial charge < -0.3 is 10.5 Å². The standard InChI is InChI=1S/C36H34ClF4N9O3/c1-34(2,3)19-35(25-12-9-22(10-13-25)24-16-44-48(17-24)31(38)39)30(51)49(32(42)47-35)29(18-53-33(52)46-26-7-5-4-6-8-26)23-11-14-27(37)28(15-23)50-36(40,41)20-43-21-45-50/h4-17,20-21,29,31H,18-19H2,1-3H3,(H2,42,47)(H,46,52)/t29-,35-/m1/s1. The number of nitrogens with two attached hydrogens (primary N) is 1. The molecule has 2 atom stereocenters. The molecular weight excluding hydrogens is 718 g/mol. The summed E-state index contributed by atoms with van der Waals surface area (Å²) in [6, 6.07) is 14.5. The molecule has 53 heavy (non-hydrogen) atoms. The van der Waals surface area contributed by atoms with Crippen LogP contribution in [0.2, 0.25) is 5.02 Å². The Balaban J connectivity index is 1.40. The quantitative estimate of drug-likeness (QED) is 0.125. The van der Waals surface area contributed by atoms with Crippen LogP contribution < -0.4 is 16.1 Å². The molecule has 0 radical (unpaired) electrons. The first-order chi connectivity index (χ1) is 25.1. The summed E-state index contributed by atoms with van der Waals surface area (Å²) in [5.41, 5.74) is 6.41. The Morgan fingerprint density at radius 2 is 1.75 bits per heavy atom. The van der Waals surface area contributed by atoms with Crippen molar-refractivity contribution in [1.82, 2.24) is 14.7 Å². The molecule has 12 nitrogen and oxygen atoms in total. The van der Waals surface area contributed by atoms with E-state index in [9.17, 15) is 27.2 Å². The summed E-state index contributed by atoms with van der Waals surface area (Å²) in [4.78, 5) is 37.3. The number of para-hydroxylation sites is 1. The van der Waals surface area contributed by atoms with E-state index in [1.807, 2.05) is 20.8 Å². The van der Waals surface area contributed by atoms with E-state index in [4.69, 9.17) is 27.1 Å². The predicted molar refractivity (Wildman–Crippen MR) is 193 cm³/mol. The fourth-order valence-corrected chi connectivity index (χ4v) is 6.41. The summed E-state index contributed by atoms with van der Waals surface area (Å²) in [6.07, 6.45) is 3.17. The van der Waals surface area contributed by atoms with Gasteiger partial charge in [0.25, 0.3) is 5.91 Å². The molecule has 0 saturated carbocycles. The number of halogens is 5. The molecular formula is C36H34ClF4N9O3. The number of hydrogen-bond acceptors (Lipinski definition) is 9. The Hall–Kier alpha value is -5.77. The fourth-order valence-electron chi connectivity index (χ4n) is 6.21. The lowest BCUT2D eigenvalue weighted by molar-refractivity contribution is -0.135. The second-order valence-corrected chi connectivity index (χ2v) is 13.9. The molecule has 2 aliphatic rings. The minimum absolute atomic E-state index is 0.0852. The third-order valence-electron chi connectivity index (χ3n) is 8.44. The topological polar surface area (TPSA) is 143 Å². The summed E-state index contributed by atoms with van der Waals surface area (Å²) in [5, 5.41) is 10.3. The van der Waals surface area contributed by atoms with E-state index in [0.717, 1.165) is 6.34 Å². The van der Waals surface area contributed by atoms with Gasteiger partial charge in [-0.2, -0.15) is 32.8 Å². The minimum Gasteiger partial charge on any atom is -0.447 e. The molecule has 2 aliphatic heterocycles. The van der Waals surface area contributed by atoms with Crippen molar-refractivity contribution in [2.24, 2.45) is 26.2 Å². The first kappa shape index (κ1) is 37.0. The smallest absolute Gasteiger partial charge is 0.411 e. The van der Waals surface area contributed by atoms with Crippen LogP contribution in [-0.4, -0.2) is 57.8 Å². The number of guanidine groups is 1. The number of aromatic nitrogens is 2. The number of carbonyl (C=O) groups is 2. The number of carbonyl (C=O) groups excluding carboxylic acids is 2. The number of hydrogen-bond donors (Lipinski definition) is 2. The lowest BCUT2D eigenvalue weighted by atomic mass is 9.75. The molecule has 3 N–H and O–H groups in total. The number of nitrogens with one attached hydrogen (secondary N) is 1. The van der Waals surface area contributed by atoms with E-state index in [1.165, 1.54) is 35.5 Å². The number of rotatable bonds is 10.